The summed E-state index contributed by atoms with van der Waals surface area (Å²) in [5, 5.41) is 12.8. The van der Waals surface area contributed by atoms with E-state index in [0.29, 0.717) is 11.3 Å². The lowest BCUT2D eigenvalue weighted by molar-refractivity contribution is 0.0715. The smallest absolute Gasteiger partial charge is 0.255 e. The minimum atomic E-state index is -0.445. The first kappa shape index (κ1) is 14.3. The van der Waals surface area contributed by atoms with Crippen molar-refractivity contribution in [1.82, 2.24) is 5.32 Å². The zero-order valence-corrected chi connectivity index (χ0v) is 12.4. The third-order valence-corrected chi connectivity index (χ3v) is 3.95. The Kier molecular flexibility index (Phi) is 4.82. The Labute approximate surface area is 121 Å². The molecule has 1 aliphatic carbocycles. The van der Waals surface area contributed by atoms with Gasteiger partial charge in [0.2, 0.25) is 0 Å². The summed E-state index contributed by atoms with van der Waals surface area (Å²) in [6.07, 6.45) is 3.20. The van der Waals surface area contributed by atoms with Crippen molar-refractivity contribution < 1.29 is 14.6 Å². The van der Waals surface area contributed by atoms with E-state index in [-0.39, 0.29) is 11.9 Å². The molecule has 1 fully saturated rings. The van der Waals surface area contributed by atoms with E-state index in [1.807, 2.05) is 0 Å². The first-order chi connectivity index (χ1) is 9.11. The van der Waals surface area contributed by atoms with Crippen LogP contribution in [0, 0.1) is 0 Å². The lowest BCUT2D eigenvalue weighted by Gasteiger charge is -2.28. The van der Waals surface area contributed by atoms with Crippen LogP contribution in [0.5, 0.6) is 5.75 Å². The summed E-state index contributed by atoms with van der Waals surface area (Å²) >= 11 is 3.34. The fraction of sp³-hybridized carbons (Fsp3) is 0.500. The van der Waals surface area contributed by atoms with Gasteiger partial charge < -0.3 is 15.2 Å². The molecule has 1 saturated carbocycles. The van der Waals surface area contributed by atoms with Gasteiger partial charge in [0.1, 0.15) is 5.75 Å². The molecule has 1 amide bonds. The monoisotopic (exact) mass is 327 g/mol. The maximum atomic E-state index is 12.2. The highest BCUT2D eigenvalue weighted by Gasteiger charge is 2.25. The molecule has 4 nitrogen and oxygen atoms in total. The molecule has 0 heterocycles. The Morgan fingerprint density at radius 3 is 2.84 bits per heavy atom. The number of methoxy groups -OCH3 is 1. The minimum absolute atomic E-state index is 0.158. The van der Waals surface area contributed by atoms with E-state index in [9.17, 15) is 9.90 Å². The van der Waals surface area contributed by atoms with Crippen LogP contribution in [0.2, 0.25) is 0 Å². The topological polar surface area (TPSA) is 58.6 Å². The van der Waals surface area contributed by atoms with E-state index in [1.165, 1.54) is 7.11 Å². The number of nitrogens with one attached hydrogen (secondary N) is 1. The molecule has 0 bridgehead atoms. The number of carbonyl (C=O) groups is 1. The lowest BCUT2D eigenvalue weighted by Crippen LogP contribution is -2.45. The van der Waals surface area contributed by atoms with Crippen molar-refractivity contribution in [2.45, 2.75) is 37.8 Å². The van der Waals surface area contributed by atoms with Crippen LogP contribution >= 0.6 is 15.9 Å². The van der Waals surface area contributed by atoms with E-state index in [4.69, 9.17) is 4.74 Å². The molecule has 2 rings (SSSR count). The molecular formula is C14H18BrNO3. The molecule has 0 saturated heterocycles. The molecule has 2 unspecified atom stereocenters. The Morgan fingerprint density at radius 2 is 2.16 bits per heavy atom. The summed E-state index contributed by atoms with van der Waals surface area (Å²) in [6.45, 7) is 0. The normalized spacial score (nSPS) is 22.9. The predicted molar refractivity (Wildman–Crippen MR) is 76.4 cm³/mol. The summed E-state index contributed by atoms with van der Waals surface area (Å²) in [6, 6.07) is 5.11. The number of aliphatic hydroxyl groups excluding tert-OH is 1. The van der Waals surface area contributed by atoms with Gasteiger partial charge in [-0.1, -0.05) is 28.8 Å². The van der Waals surface area contributed by atoms with Gasteiger partial charge in [0.15, 0.2) is 0 Å². The Morgan fingerprint density at radius 1 is 1.42 bits per heavy atom. The molecular weight excluding hydrogens is 310 g/mol. The molecule has 5 heteroatoms. The van der Waals surface area contributed by atoms with E-state index in [2.05, 4.69) is 21.2 Å². The number of benzene rings is 1. The Balaban J connectivity index is 2.11. The van der Waals surface area contributed by atoms with Crippen LogP contribution in [0.15, 0.2) is 22.7 Å². The number of aliphatic hydroxyl groups is 1. The van der Waals surface area contributed by atoms with Gasteiger partial charge in [-0.3, -0.25) is 4.79 Å². The van der Waals surface area contributed by atoms with Gasteiger partial charge in [-0.2, -0.15) is 0 Å². The van der Waals surface area contributed by atoms with Crippen LogP contribution in [-0.2, 0) is 0 Å². The summed E-state index contributed by atoms with van der Waals surface area (Å²) in [4.78, 5) is 12.2. The highest BCUT2D eigenvalue weighted by atomic mass is 79.9. The van der Waals surface area contributed by atoms with Crippen molar-refractivity contribution in [3.63, 3.8) is 0 Å². The minimum Gasteiger partial charge on any atom is -0.496 e. The number of amides is 1. The van der Waals surface area contributed by atoms with E-state index in [0.717, 1.165) is 30.2 Å². The highest BCUT2D eigenvalue weighted by Crippen LogP contribution is 2.24. The summed E-state index contributed by atoms with van der Waals surface area (Å²) in [5.41, 5.74) is 0.489. The zero-order valence-electron chi connectivity index (χ0n) is 10.9. The van der Waals surface area contributed by atoms with Crippen molar-refractivity contribution in [2.24, 2.45) is 0 Å². The van der Waals surface area contributed by atoms with Crippen LogP contribution in [-0.4, -0.2) is 30.3 Å². The second kappa shape index (κ2) is 6.39. The van der Waals surface area contributed by atoms with Gasteiger partial charge in [-0.25, -0.2) is 0 Å². The van der Waals surface area contributed by atoms with Crippen LogP contribution < -0.4 is 10.1 Å². The standard InChI is InChI=1S/C14H18BrNO3/c1-19-13-8-9(15)6-7-10(13)14(18)16-11-4-2-3-5-12(11)17/h6-8,11-12,17H,2-5H2,1H3,(H,16,18). The second-order valence-corrected chi connectivity index (χ2v) is 5.69. The Hall–Kier alpha value is -1.07. The fourth-order valence-corrected chi connectivity index (χ4v) is 2.72. The van der Waals surface area contributed by atoms with E-state index < -0.39 is 6.10 Å². The van der Waals surface area contributed by atoms with Crippen molar-refractivity contribution in [1.29, 1.82) is 0 Å². The average Bonchev–Trinajstić information content (AvgIpc) is 2.41. The molecule has 1 aromatic carbocycles. The molecule has 0 aliphatic heterocycles. The van der Waals surface area contributed by atoms with Crippen LogP contribution in [0.4, 0.5) is 0 Å². The average molecular weight is 328 g/mol. The van der Waals surface area contributed by atoms with Gasteiger partial charge >= 0.3 is 0 Å². The SMILES string of the molecule is COc1cc(Br)ccc1C(=O)NC1CCCCC1O. The maximum absolute atomic E-state index is 12.2. The summed E-state index contributed by atoms with van der Waals surface area (Å²) in [5.74, 6) is 0.326. The first-order valence-electron chi connectivity index (χ1n) is 6.44. The lowest BCUT2D eigenvalue weighted by atomic mass is 9.92. The maximum Gasteiger partial charge on any atom is 0.255 e. The van der Waals surface area contributed by atoms with Gasteiger partial charge in [0, 0.05) is 4.47 Å². The summed E-state index contributed by atoms with van der Waals surface area (Å²) in [7, 11) is 1.54. The third kappa shape index (κ3) is 3.48. The molecule has 1 aliphatic rings. The highest BCUT2D eigenvalue weighted by molar-refractivity contribution is 9.10. The molecule has 104 valence electrons. The molecule has 19 heavy (non-hydrogen) atoms. The fourth-order valence-electron chi connectivity index (χ4n) is 2.38. The number of rotatable bonds is 3. The van der Waals surface area contributed by atoms with Crippen LogP contribution in [0.1, 0.15) is 36.0 Å². The molecule has 0 aromatic heterocycles. The zero-order chi connectivity index (χ0) is 13.8. The number of hydrogen-bond donors (Lipinski definition) is 2. The molecule has 2 N–H and O–H groups in total. The van der Waals surface area contributed by atoms with Gasteiger partial charge in [0.05, 0.1) is 24.8 Å². The molecule has 2 atom stereocenters. The second-order valence-electron chi connectivity index (χ2n) is 4.78. The number of hydrogen-bond acceptors (Lipinski definition) is 3. The van der Waals surface area contributed by atoms with Crippen molar-refractivity contribution in [2.75, 3.05) is 7.11 Å². The molecule has 0 radical (unpaired) electrons. The molecule has 1 aromatic rings. The largest absolute Gasteiger partial charge is 0.496 e. The van der Waals surface area contributed by atoms with Gasteiger partial charge in [-0.15, -0.1) is 0 Å². The van der Waals surface area contributed by atoms with Crippen molar-refractivity contribution >= 4 is 21.8 Å². The van der Waals surface area contributed by atoms with Gasteiger partial charge in [0.25, 0.3) is 5.91 Å². The molecule has 0 spiro atoms. The van der Waals surface area contributed by atoms with Crippen LogP contribution in [0.25, 0.3) is 0 Å². The van der Waals surface area contributed by atoms with E-state index in [1.54, 1.807) is 18.2 Å². The van der Waals surface area contributed by atoms with Crippen molar-refractivity contribution in [3.8, 4) is 5.75 Å². The Bertz CT molecular complexity index is 464. The van der Waals surface area contributed by atoms with Crippen LogP contribution in [0.3, 0.4) is 0 Å². The predicted octanol–water partition coefficient (Wildman–Crippen LogP) is 2.49. The quantitative estimate of drug-likeness (QED) is 0.896. The van der Waals surface area contributed by atoms with E-state index >= 15 is 0 Å². The first-order valence-corrected chi connectivity index (χ1v) is 7.23. The third-order valence-electron chi connectivity index (χ3n) is 3.45. The number of carbonyl (C=O) groups excluding carboxylic acids is 1. The summed E-state index contributed by atoms with van der Waals surface area (Å²) < 4.78 is 6.07. The van der Waals surface area contributed by atoms with Gasteiger partial charge in [-0.05, 0) is 31.0 Å². The number of ether oxygens (including phenoxy) is 1. The number of halogens is 1. The van der Waals surface area contributed by atoms with Crippen molar-refractivity contribution in [3.05, 3.63) is 28.2 Å².